The van der Waals surface area contributed by atoms with Crippen molar-refractivity contribution < 1.29 is 31.0 Å². The van der Waals surface area contributed by atoms with Crippen molar-refractivity contribution in [3.8, 4) is 0 Å². The van der Waals surface area contributed by atoms with Crippen molar-refractivity contribution in [3.63, 3.8) is 0 Å². The van der Waals surface area contributed by atoms with Gasteiger partial charge in [0.15, 0.2) is 0 Å². The second-order valence-electron chi connectivity index (χ2n) is 1.95. The minimum absolute atomic E-state index is 0. The molecule has 5 nitrogen and oxygen atoms in total. The van der Waals surface area contributed by atoms with Crippen molar-refractivity contribution in [1.82, 2.24) is 15.0 Å². The number of rotatable bonds is 2. The fourth-order valence-electron chi connectivity index (χ4n) is 0.680. The Morgan fingerprint density at radius 3 is 2.83 bits per heavy atom. The Labute approximate surface area is 92.9 Å². The van der Waals surface area contributed by atoms with Crippen LogP contribution in [0.2, 0.25) is 0 Å². The van der Waals surface area contributed by atoms with Gasteiger partial charge in [-0.1, -0.05) is 6.08 Å². The van der Waals surface area contributed by atoms with Crippen molar-refractivity contribution >= 4 is 5.95 Å². The van der Waals surface area contributed by atoms with Crippen LogP contribution < -0.4 is 41.0 Å². The monoisotopic (exact) mass is 176 g/mol. The zero-order chi connectivity index (χ0) is 8.27. The SMILES string of the molecule is C=CCc1nc(N)nc(=O)[nH]1.[H-].[Na+]. The van der Waals surface area contributed by atoms with Gasteiger partial charge >= 0.3 is 35.2 Å². The van der Waals surface area contributed by atoms with Gasteiger partial charge in [0.1, 0.15) is 5.82 Å². The number of H-pyrrole nitrogens is 1. The van der Waals surface area contributed by atoms with E-state index in [0.717, 1.165) is 0 Å². The standard InChI is InChI=1S/C6H8N4O.Na.H/c1-2-3-4-8-5(7)10-6(11)9-4;;/h2H,1,3H2,(H3,7,8,9,10,11);;/q;+1;-1. The molecule has 60 valence electrons. The number of nitrogens with one attached hydrogen (secondary N) is 1. The molecule has 1 rings (SSSR count). The van der Waals surface area contributed by atoms with E-state index >= 15 is 0 Å². The van der Waals surface area contributed by atoms with Gasteiger partial charge in [0.25, 0.3) is 0 Å². The van der Waals surface area contributed by atoms with Crippen molar-refractivity contribution in [2.24, 2.45) is 0 Å². The Kier molecular flexibility index (Phi) is 4.80. The molecule has 0 atom stereocenters. The van der Waals surface area contributed by atoms with Crippen LogP contribution in [0, 0.1) is 0 Å². The first-order valence-corrected chi connectivity index (χ1v) is 3.06. The Morgan fingerprint density at radius 2 is 2.33 bits per heavy atom. The number of nitrogens with zero attached hydrogens (tertiary/aromatic N) is 2. The zero-order valence-electron chi connectivity index (χ0n) is 7.87. The minimum Gasteiger partial charge on any atom is -1.00 e. The second kappa shape index (κ2) is 5.08. The van der Waals surface area contributed by atoms with Crippen molar-refractivity contribution in [1.29, 1.82) is 0 Å². The average molecular weight is 176 g/mol. The van der Waals surface area contributed by atoms with E-state index < -0.39 is 5.69 Å². The molecule has 0 radical (unpaired) electrons. The fraction of sp³-hybridized carbons (Fsp3) is 0.167. The topological polar surface area (TPSA) is 84.7 Å². The Balaban J connectivity index is 0. The summed E-state index contributed by atoms with van der Waals surface area (Å²) in [4.78, 5) is 20.2. The number of hydrogen-bond donors (Lipinski definition) is 2. The Morgan fingerprint density at radius 1 is 1.67 bits per heavy atom. The van der Waals surface area contributed by atoms with E-state index in [2.05, 4.69) is 21.5 Å². The van der Waals surface area contributed by atoms with Crippen molar-refractivity contribution in [2.45, 2.75) is 6.42 Å². The van der Waals surface area contributed by atoms with Crippen LogP contribution in [0.15, 0.2) is 17.4 Å². The molecule has 0 amide bonds. The van der Waals surface area contributed by atoms with Crippen LogP contribution in [-0.4, -0.2) is 15.0 Å². The molecule has 1 aromatic heterocycles. The molecule has 0 unspecified atom stereocenters. The fourth-order valence-corrected chi connectivity index (χ4v) is 0.680. The molecular formula is C6H9N4NaO. The first-order valence-electron chi connectivity index (χ1n) is 3.06. The van der Waals surface area contributed by atoms with Crippen LogP contribution in [0.4, 0.5) is 5.95 Å². The molecule has 0 aliphatic rings. The van der Waals surface area contributed by atoms with Gasteiger partial charge in [-0.2, -0.15) is 9.97 Å². The maximum Gasteiger partial charge on any atom is 1.00 e. The van der Waals surface area contributed by atoms with E-state index in [-0.39, 0.29) is 36.9 Å². The molecule has 0 fully saturated rings. The molecule has 0 spiro atoms. The summed E-state index contributed by atoms with van der Waals surface area (Å²) in [5.74, 6) is 0.475. The van der Waals surface area contributed by atoms with Crippen LogP contribution in [0.3, 0.4) is 0 Å². The average Bonchev–Trinajstić information content (AvgIpc) is 1.85. The van der Waals surface area contributed by atoms with Gasteiger partial charge in [-0.3, -0.25) is 4.98 Å². The van der Waals surface area contributed by atoms with Crippen LogP contribution >= 0.6 is 0 Å². The molecule has 3 N–H and O–H groups in total. The van der Waals surface area contributed by atoms with Gasteiger partial charge in [-0.15, -0.1) is 6.58 Å². The van der Waals surface area contributed by atoms with E-state index in [1.165, 1.54) is 0 Å². The number of anilines is 1. The summed E-state index contributed by atoms with van der Waals surface area (Å²) in [5.41, 5.74) is 4.74. The zero-order valence-corrected chi connectivity index (χ0v) is 8.87. The van der Waals surface area contributed by atoms with Gasteiger partial charge in [-0.05, 0) is 0 Å². The normalized spacial score (nSPS) is 8.67. The van der Waals surface area contributed by atoms with Gasteiger partial charge in [0, 0.05) is 6.42 Å². The third kappa shape index (κ3) is 3.17. The molecular weight excluding hydrogens is 167 g/mol. The van der Waals surface area contributed by atoms with Crippen molar-refractivity contribution in [2.75, 3.05) is 5.73 Å². The summed E-state index contributed by atoms with van der Waals surface area (Å²) < 4.78 is 0. The molecule has 12 heavy (non-hydrogen) atoms. The van der Waals surface area contributed by atoms with E-state index in [0.29, 0.717) is 12.2 Å². The van der Waals surface area contributed by atoms with Crippen molar-refractivity contribution in [3.05, 3.63) is 29.0 Å². The number of allylic oxidation sites excluding steroid dienone is 1. The number of aromatic amines is 1. The first-order chi connectivity index (χ1) is 5.22. The molecule has 0 aliphatic carbocycles. The van der Waals surface area contributed by atoms with Gasteiger partial charge < -0.3 is 7.16 Å². The van der Waals surface area contributed by atoms with E-state index in [1.807, 2.05) is 0 Å². The Bertz CT molecular complexity index is 327. The molecule has 0 saturated heterocycles. The number of hydrogen-bond acceptors (Lipinski definition) is 4. The number of nitrogens with two attached hydrogens (primary N) is 1. The summed E-state index contributed by atoms with van der Waals surface area (Å²) >= 11 is 0. The minimum atomic E-state index is -0.477. The summed E-state index contributed by atoms with van der Waals surface area (Å²) in [5, 5.41) is 0. The summed E-state index contributed by atoms with van der Waals surface area (Å²) in [6.07, 6.45) is 2.11. The molecule has 0 aromatic carbocycles. The van der Waals surface area contributed by atoms with Crippen LogP contribution in [-0.2, 0) is 6.42 Å². The van der Waals surface area contributed by atoms with Gasteiger partial charge in [-0.25, -0.2) is 4.79 Å². The predicted molar refractivity (Wildman–Crippen MR) is 42.1 cm³/mol. The smallest absolute Gasteiger partial charge is 1.00 e. The van der Waals surface area contributed by atoms with Crippen LogP contribution in [0.25, 0.3) is 0 Å². The van der Waals surface area contributed by atoms with Crippen LogP contribution in [0.1, 0.15) is 7.25 Å². The first kappa shape index (κ1) is 11.4. The molecule has 0 bridgehead atoms. The largest absolute Gasteiger partial charge is 1.00 e. The van der Waals surface area contributed by atoms with Gasteiger partial charge in [0.2, 0.25) is 5.95 Å². The maximum absolute atomic E-state index is 10.7. The molecule has 6 heteroatoms. The molecule has 1 aromatic rings. The molecule has 1 heterocycles. The second-order valence-corrected chi connectivity index (χ2v) is 1.95. The van der Waals surface area contributed by atoms with E-state index in [1.54, 1.807) is 6.08 Å². The maximum atomic E-state index is 10.7. The summed E-state index contributed by atoms with van der Waals surface area (Å²) in [6, 6.07) is 0. The third-order valence-electron chi connectivity index (χ3n) is 1.05. The quantitative estimate of drug-likeness (QED) is 0.363. The third-order valence-corrected chi connectivity index (χ3v) is 1.05. The van der Waals surface area contributed by atoms with Gasteiger partial charge in [0.05, 0.1) is 0 Å². The number of aromatic nitrogens is 3. The van der Waals surface area contributed by atoms with Crippen LogP contribution in [0.5, 0.6) is 0 Å². The summed E-state index contributed by atoms with van der Waals surface area (Å²) in [6.45, 7) is 3.49. The number of nitrogen functional groups attached to an aromatic ring is 1. The molecule has 0 aliphatic heterocycles. The predicted octanol–water partition coefficient (Wildman–Crippen LogP) is -3.41. The van der Waals surface area contributed by atoms with E-state index in [4.69, 9.17) is 5.73 Å². The molecule has 0 saturated carbocycles. The Hall–Kier alpha value is -0.650. The van der Waals surface area contributed by atoms with E-state index in [9.17, 15) is 4.79 Å². The summed E-state index contributed by atoms with van der Waals surface area (Å²) in [7, 11) is 0.